The molecule has 0 saturated heterocycles. The van der Waals surface area contributed by atoms with Gasteiger partial charge >= 0.3 is 0 Å². The summed E-state index contributed by atoms with van der Waals surface area (Å²) in [5, 5.41) is 7.56. The average molecular weight is 513 g/mol. The second-order valence-corrected chi connectivity index (χ2v) is 9.15. The molecule has 4 heterocycles. The van der Waals surface area contributed by atoms with Crippen LogP contribution in [0.4, 0.5) is 4.39 Å². The Morgan fingerprint density at radius 3 is 2.54 bits per heavy atom. The van der Waals surface area contributed by atoms with Crippen LogP contribution in [0.15, 0.2) is 103 Å². The first-order valence-corrected chi connectivity index (χ1v) is 12.4. The van der Waals surface area contributed by atoms with Gasteiger partial charge in [0.15, 0.2) is 11.5 Å². The molecule has 7 aromatic rings. The van der Waals surface area contributed by atoms with Crippen LogP contribution >= 0.6 is 0 Å². The Labute approximate surface area is 222 Å². The van der Waals surface area contributed by atoms with Crippen LogP contribution in [-0.4, -0.2) is 30.1 Å². The molecule has 0 bridgehead atoms. The van der Waals surface area contributed by atoms with Crippen molar-refractivity contribution >= 4 is 22.1 Å². The Hall–Kier alpha value is -5.37. The molecule has 0 aliphatic rings. The summed E-state index contributed by atoms with van der Waals surface area (Å²) in [5.74, 6) is 0.940. The summed E-state index contributed by atoms with van der Waals surface area (Å²) < 4.78 is 19.9. The number of aromatic nitrogens is 6. The summed E-state index contributed by atoms with van der Waals surface area (Å²) in [5.41, 5.74) is 7.85. The fourth-order valence-corrected chi connectivity index (χ4v) is 4.64. The van der Waals surface area contributed by atoms with Gasteiger partial charge in [-0.3, -0.25) is 10.1 Å². The maximum atomic E-state index is 13.9. The predicted molar refractivity (Wildman–Crippen MR) is 148 cm³/mol. The number of fused-ring (bicyclic) bond motifs is 2. The third kappa shape index (κ3) is 4.38. The largest absolute Gasteiger partial charge is 0.487 e. The molecule has 3 aromatic carbocycles. The van der Waals surface area contributed by atoms with E-state index in [1.165, 1.54) is 12.1 Å². The quantitative estimate of drug-likeness (QED) is 0.252. The number of halogens is 1. The molecule has 7 rings (SSSR count). The van der Waals surface area contributed by atoms with E-state index in [9.17, 15) is 4.39 Å². The van der Waals surface area contributed by atoms with E-state index in [1.807, 2.05) is 72.8 Å². The summed E-state index contributed by atoms with van der Waals surface area (Å²) in [6.45, 7) is 0.452. The minimum Gasteiger partial charge on any atom is -0.487 e. The highest BCUT2D eigenvalue weighted by Crippen LogP contribution is 2.32. The van der Waals surface area contributed by atoms with E-state index in [1.54, 1.807) is 18.5 Å². The van der Waals surface area contributed by atoms with E-state index in [0.717, 1.165) is 44.5 Å². The molecule has 0 amide bonds. The highest BCUT2D eigenvalue weighted by atomic mass is 19.1. The Morgan fingerprint density at radius 2 is 1.64 bits per heavy atom. The molecule has 0 unspecified atom stereocenters. The summed E-state index contributed by atoms with van der Waals surface area (Å²) in [7, 11) is 0. The number of nitrogens with one attached hydrogen (secondary N) is 2. The molecule has 0 spiro atoms. The van der Waals surface area contributed by atoms with Gasteiger partial charge in [0.25, 0.3) is 0 Å². The van der Waals surface area contributed by atoms with Crippen molar-refractivity contribution in [1.29, 1.82) is 0 Å². The number of hydrogen-bond donors (Lipinski definition) is 2. The Kier molecular flexibility index (Phi) is 5.55. The number of rotatable bonds is 6. The van der Waals surface area contributed by atoms with Crippen molar-refractivity contribution in [2.45, 2.75) is 6.61 Å². The minimum atomic E-state index is -0.292. The van der Waals surface area contributed by atoms with E-state index in [2.05, 4.69) is 20.2 Å². The van der Waals surface area contributed by atoms with E-state index in [-0.39, 0.29) is 5.82 Å². The zero-order chi connectivity index (χ0) is 26.2. The van der Waals surface area contributed by atoms with Crippen molar-refractivity contribution in [3.05, 3.63) is 115 Å². The molecule has 39 heavy (non-hydrogen) atoms. The van der Waals surface area contributed by atoms with Crippen molar-refractivity contribution < 1.29 is 9.13 Å². The van der Waals surface area contributed by atoms with Crippen LogP contribution in [0, 0.1) is 5.82 Å². The van der Waals surface area contributed by atoms with Gasteiger partial charge in [-0.2, -0.15) is 5.10 Å². The average Bonchev–Trinajstić information content (AvgIpc) is 3.60. The maximum absolute atomic E-state index is 13.9. The van der Waals surface area contributed by atoms with Gasteiger partial charge in [-0.1, -0.05) is 54.6 Å². The normalized spacial score (nSPS) is 11.3. The van der Waals surface area contributed by atoms with Crippen LogP contribution in [0.5, 0.6) is 5.75 Å². The van der Waals surface area contributed by atoms with Gasteiger partial charge in [-0.05, 0) is 47.5 Å². The van der Waals surface area contributed by atoms with Crippen LogP contribution in [-0.2, 0) is 6.61 Å². The molecule has 0 radical (unpaired) electrons. The van der Waals surface area contributed by atoms with E-state index >= 15 is 0 Å². The zero-order valence-corrected chi connectivity index (χ0v) is 20.6. The van der Waals surface area contributed by atoms with Crippen LogP contribution in [0.2, 0.25) is 0 Å². The van der Waals surface area contributed by atoms with E-state index in [4.69, 9.17) is 14.7 Å². The molecular formula is C31H21FN6O. The number of benzene rings is 3. The summed E-state index contributed by atoms with van der Waals surface area (Å²) >= 11 is 0. The Morgan fingerprint density at radius 1 is 0.744 bits per heavy atom. The second kappa shape index (κ2) is 9.50. The number of nitrogens with zero attached hydrogens (tertiary/aromatic N) is 4. The standard InChI is InChI=1S/C31H21FN6O/c32-22-9-4-8-20(14-22)24-10-5-11-26-28(24)36-31(35-26)30-29-27(37-38-30)13-12-25(34-29)21-15-23(17-33-16-21)39-18-19-6-2-1-3-7-19/h1-17H,18H2,(H,35,36)(H,37,38). The molecule has 0 aliphatic heterocycles. The number of aromatic amines is 2. The van der Waals surface area contributed by atoms with Crippen molar-refractivity contribution in [2.75, 3.05) is 0 Å². The van der Waals surface area contributed by atoms with Crippen molar-refractivity contribution in [3.8, 4) is 39.7 Å². The number of ether oxygens (including phenoxy) is 1. The lowest BCUT2D eigenvalue weighted by atomic mass is 10.0. The summed E-state index contributed by atoms with van der Waals surface area (Å²) in [6, 6.07) is 28.1. The number of para-hydroxylation sites is 1. The molecule has 0 aliphatic carbocycles. The number of pyridine rings is 2. The topological polar surface area (TPSA) is 92.4 Å². The van der Waals surface area contributed by atoms with Gasteiger partial charge in [-0.25, -0.2) is 14.4 Å². The maximum Gasteiger partial charge on any atom is 0.161 e. The first-order chi connectivity index (χ1) is 19.2. The number of H-pyrrole nitrogens is 2. The van der Waals surface area contributed by atoms with E-state index < -0.39 is 0 Å². The molecule has 2 N–H and O–H groups in total. The molecule has 7 nitrogen and oxygen atoms in total. The molecular weight excluding hydrogens is 491 g/mol. The van der Waals surface area contributed by atoms with Gasteiger partial charge < -0.3 is 9.72 Å². The molecule has 4 aromatic heterocycles. The molecule has 8 heteroatoms. The van der Waals surface area contributed by atoms with Crippen LogP contribution in [0.1, 0.15) is 5.56 Å². The molecule has 0 atom stereocenters. The Bertz CT molecular complexity index is 1950. The zero-order valence-electron chi connectivity index (χ0n) is 20.6. The summed E-state index contributed by atoms with van der Waals surface area (Å²) in [4.78, 5) is 17.5. The highest BCUT2D eigenvalue weighted by molar-refractivity contribution is 5.96. The third-order valence-corrected chi connectivity index (χ3v) is 6.54. The Balaban J connectivity index is 1.24. The van der Waals surface area contributed by atoms with Gasteiger partial charge in [0.05, 0.1) is 28.4 Å². The highest BCUT2D eigenvalue weighted by Gasteiger charge is 2.17. The minimum absolute atomic E-state index is 0.292. The fourth-order valence-electron chi connectivity index (χ4n) is 4.64. The summed E-state index contributed by atoms with van der Waals surface area (Å²) in [6.07, 6.45) is 3.45. The number of hydrogen-bond acceptors (Lipinski definition) is 5. The fraction of sp³-hybridized carbons (Fsp3) is 0.0323. The SMILES string of the molecule is Fc1cccc(-c2cccc3[nH]c(-c4n[nH]c5ccc(-c6cncc(OCc7ccccc7)c6)nc45)nc23)c1. The van der Waals surface area contributed by atoms with Crippen molar-refractivity contribution in [3.63, 3.8) is 0 Å². The van der Waals surface area contributed by atoms with Gasteiger partial charge in [0.2, 0.25) is 0 Å². The van der Waals surface area contributed by atoms with Crippen LogP contribution < -0.4 is 4.74 Å². The molecule has 0 fully saturated rings. The van der Waals surface area contributed by atoms with Gasteiger partial charge in [-0.15, -0.1) is 0 Å². The lowest BCUT2D eigenvalue weighted by molar-refractivity contribution is 0.305. The predicted octanol–water partition coefficient (Wildman–Crippen LogP) is 6.95. The lowest BCUT2D eigenvalue weighted by Crippen LogP contribution is -1.96. The van der Waals surface area contributed by atoms with Crippen molar-refractivity contribution in [1.82, 2.24) is 30.1 Å². The van der Waals surface area contributed by atoms with Gasteiger partial charge in [0.1, 0.15) is 23.7 Å². The van der Waals surface area contributed by atoms with Crippen molar-refractivity contribution in [2.24, 2.45) is 0 Å². The third-order valence-electron chi connectivity index (χ3n) is 6.54. The monoisotopic (exact) mass is 512 g/mol. The lowest BCUT2D eigenvalue weighted by Gasteiger charge is -2.08. The van der Waals surface area contributed by atoms with E-state index in [0.29, 0.717) is 29.4 Å². The smallest absolute Gasteiger partial charge is 0.161 e. The second-order valence-electron chi connectivity index (χ2n) is 9.15. The molecule has 188 valence electrons. The molecule has 0 saturated carbocycles. The first-order valence-electron chi connectivity index (χ1n) is 12.4. The first kappa shape index (κ1) is 22.8. The van der Waals surface area contributed by atoms with Crippen LogP contribution in [0.25, 0.3) is 56.0 Å². The van der Waals surface area contributed by atoms with Gasteiger partial charge in [0, 0.05) is 17.3 Å². The number of imidazole rings is 1. The van der Waals surface area contributed by atoms with Crippen LogP contribution in [0.3, 0.4) is 0 Å².